The fourth-order valence-electron chi connectivity index (χ4n) is 2.51. The Morgan fingerprint density at radius 1 is 1.16 bits per heavy atom. The number of fused-ring (bicyclic) bond motifs is 1. The molecule has 0 unspecified atom stereocenters. The van der Waals surface area contributed by atoms with Crippen LogP contribution in [0.4, 0.5) is 11.5 Å². The summed E-state index contributed by atoms with van der Waals surface area (Å²) < 4.78 is 5.37. The zero-order valence-electron chi connectivity index (χ0n) is 14.2. The first kappa shape index (κ1) is 16.7. The van der Waals surface area contributed by atoms with Gasteiger partial charge in [0.25, 0.3) is 0 Å². The van der Waals surface area contributed by atoms with Crippen LogP contribution in [0.25, 0.3) is 10.9 Å². The molecule has 3 rings (SSSR count). The molecule has 0 aliphatic rings. The van der Waals surface area contributed by atoms with Crippen LogP contribution >= 0.6 is 0 Å². The Morgan fingerprint density at radius 3 is 2.68 bits per heavy atom. The van der Waals surface area contributed by atoms with E-state index < -0.39 is 0 Å². The predicted octanol–water partition coefficient (Wildman–Crippen LogP) is 3.60. The molecular formula is C19H20N4O2. The first-order chi connectivity index (χ1) is 12.2. The molecule has 0 spiro atoms. The Balaban J connectivity index is 1.95. The van der Waals surface area contributed by atoms with Gasteiger partial charge in [0.2, 0.25) is 5.91 Å². The molecule has 0 bridgehead atoms. The van der Waals surface area contributed by atoms with Gasteiger partial charge in [0.15, 0.2) is 0 Å². The minimum atomic E-state index is -0.0757. The summed E-state index contributed by atoms with van der Waals surface area (Å²) in [5, 5.41) is 7.01. The highest BCUT2D eigenvalue weighted by Crippen LogP contribution is 2.32. The second-order valence-corrected chi connectivity index (χ2v) is 5.53. The first-order valence-electron chi connectivity index (χ1n) is 8.11. The van der Waals surface area contributed by atoms with Gasteiger partial charge >= 0.3 is 0 Å². The zero-order chi connectivity index (χ0) is 17.6. The van der Waals surface area contributed by atoms with Crippen molar-refractivity contribution in [1.82, 2.24) is 9.97 Å². The third kappa shape index (κ3) is 3.85. The Kier molecular flexibility index (Phi) is 5.09. The number of benzene rings is 2. The second kappa shape index (κ2) is 7.61. The summed E-state index contributed by atoms with van der Waals surface area (Å²) >= 11 is 0. The maximum absolute atomic E-state index is 11.8. The van der Waals surface area contributed by atoms with Gasteiger partial charge in [-0.1, -0.05) is 37.3 Å². The van der Waals surface area contributed by atoms with Crippen molar-refractivity contribution in [3.8, 4) is 5.75 Å². The molecule has 2 aromatic carbocycles. The van der Waals surface area contributed by atoms with Crippen LogP contribution in [0.3, 0.4) is 0 Å². The van der Waals surface area contributed by atoms with E-state index in [9.17, 15) is 4.79 Å². The summed E-state index contributed by atoms with van der Waals surface area (Å²) in [6, 6.07) is 13.7. The fraction of sp³-hybridized carbons (Fsp3) is 0.211. The molecule has 0 saturated heterocycles. The van der Waals surface area contributed by atoms with Crippen molar-refractivity contribution in [1.29, 1.82) is 0 Å². The maximum atomic E-state index is 11.8. The number of aromatic nitrogens is 2. The van der Waals surface area contributed by atoms with Crippen molar-refractivity contribution in [3.05, 3.63) is 54.4 Å². The van der Waals surface area contributed by atoms with E-state index in [-0.39, 0.29) is 5.91 Å². The number of carbonyl (C=O) groups is 1. The summed E-state index contributed by atoms with van der Waals surface area (Å²) in [4.78, 5) is 20.4. The smallest absolute Gasteiger partial charge is 0.224 e. The Labute approximate surface area is 146 Å². The first-order valence-corrected chi connectivity index (χ1v) is 8.11. The molecule has 1 amide bonds. The molecule has 0 aliphatic carbocycles. The van der Waals surface area contributed by atoms with E-state index >= 15 is 0 Å². The zero-order valence-corrected chi connectivity index (χ0v) is 14.2. The lowest BCUT2D eigenvalue weighted by atomic mass is 10.1. The summed E-state index contributed by atoms with van der Waals surface area (Å²) in [7, 11) is 1.57. The van der Waals surface area contributed by atoms with Crippen LogP contribution < -0.4 is 15.4 Å². The Hall–Kier alpha value is -3.15. The van der Waals surface area contributed by atoms with Gasteiger partial charge in [0, 0.05) is 24.4 Å². The van der Waals surface area contributed by atoms with Gasteiger partial charge in [-0.25, -0.2) is 9.97 Å². The molecule has 1 aromatic heterocycles. The molecule has 0 radical (unpaired) electrons. The van der Waals surface area contributed by atoms with Crippen molar-refractivity contribution < 1.29 is 9.53 Å². The number of carbonyl (C=O) groups excluding carboxylic acids is 1. The van der Waals surface area contributed by atoms with Crippen LogP contribution in [-0.4, -0.2) is 23.0 Å². The number of ether oxygens (including phenoxy) is 1. The fourth-order valence-corrected chi connectivity index (χ4v) is 2.51. The number of nitrogens with zero attached hydrogens (tertiary/aromatic N) is 2. The van der Waals surface area contributed by atoms with Crippen molar-refractivity contribution in [2.45, 2.75) is 19.9 Å². The standard InChI is InChI=1S/C19H20N4O2/c1-3-18(24)23-16-9-14-15(10-17(16)25-2)21-12-22-19(14)20-11-13-7-5-4-6-8-13/h4-10,12H,3,11H2,1-2H3,(H,23,24)(H,20,21,22). The van der Waals surface area contributed by atoms with Gasteiger partial charge in [0.05, 0.1) is 18.3 Å². The van der Waals surface area contributed by atoms with Crippen molar-refractivity contribution in [2.24, 2.45) is 0 Å². The predicted molar refractivity (Wildman–Crippen MR) is 98.8 cm³/mol. The number of rotatable bonds is 6. The van der Waals surface area contributed by atoms with E-state index in [1.807, 2.05) is 36.4 Å². The third-order valence-electron chi connectivity index (χ3n) is 3.85. The molecule has 0 atom stereocenters. The molecular weight excluding hydrogens is 316 g/mol. The maximum Gasteiger partial charge on any atom is 0.224 e. The highest BCUT2D eigenvalue weighted by atomic mass is 16.5. The van der Waals surface area contributed by atoms with Crippen molar-refractivity contribution >= 4 is 28.3 Å². The van der Waals surface area contributed by atoms with E-state index in [1.54, 1.807) is 20.1 Å². The highest BCUT2D eigenvalue weighted by molar-refractivity contribution is 5.98. The van der Waals surface area contributed by atoms with Crippen LogP contribution in [0.2, 0.25) is 0 Å². The summed E-state index contributed by atoms with van der Waals surface area (Å²) in [6.45, 7) is 2.45. The average Bonchev–Trinajstić information content (AvgIpc) is 2.66. The largest absolute Gasteiger partial charge is 0.494 e. The van der Waals surface area contributed by atoms with Gasteiger partial charge < -0.3 is 15.4 Å². The number of hydrogen-bond donors (Lipinski definition) is 2. The minimum absolute atomic E-state index is 0.0757. The van der Waals surface area contributed by atoms with Crippen molar-refractivity contribution in [2.75, 3.05) is 17.7 Å². The van der Waals surface area contributed by atoms with Crippen LogP contribution in [0.15, 0.2) is 48.8 Å². The molecule has 6 nitrogen and oxygen atoms in total. The van der Waals surface area contributed by atoms with Crippen LogP contribution in [-0.2, 0) is 11.3 Å². The topological polar surface area (TPSA) is 76.1 Å². The van der Waals surface area contributed by atoms with Gasteiger partial charge in [-0.15, -0.1) is 0 Å². The van der Waals surface area contributed by atoms with Crippen LogP contribution in [0.5, 0.6) is 5.75 Å². The summed E-state index contributed by atoms with van der Waals surface area (Å²) in [5.74, 6) is 1.21. The Bertz CT molecular complexity index is 881. The summed E-state index contributed by atoms with van der Waals surface area (Å²) in [6.07, 6.45) is 1.91. The average molecular weight is 336 g/mol. The SMILES string of the molecule is CCC(=O)Nc1cc2c(NCc3ccccc3)ncnc2cc1OC. The lowest BCUT2D eigenvalue weighted by Gasteiger charge is -2.13. The number of anilines is 2. The molecule has 1 heterocycles. The van der Waals surface area contributed by atoms with E-state index in [0.29, 0.717) is 30.2 Å². The molecule has 128 valence electrons. The number of amides is 1. The second-order valence-electron chi connectivity index (χ2n) is 5.53. The van der Waals surface area contributed by atoms with E-state index in [4.69, 9.17) is 4.74 Å². The van der Waals surface area contributed by atoms with E-state index in [0.717, 1.165) is 16.5 Å². The Morgan fingerprint density at radius 2 is 1.96 bits per heavy atom. The number of methoxy groups -OCH3 is 1. The van der Waals surface area contributed by atoms with E-state index in [2.05, 4.69) is 20.6 Å². The van der Waals surface area contributed by atoms with Crippen molar-refractivity contribution in [3.63, 3.8) is 0 Å². The molecule has 0 fully saturated rings. The van der Waals surface area contributed by atoms with Gasteiger partial charge in [-0.05, 0) is 11.6 Å². The molecule has 6 heteroatoms. The minimum Gasteiger partial charge on any atom is -0.494 e. The quantitative estimate of drug-likeness (QED) is 0.719. The lowest BCUT2D eigenvalue weighted by molar-refractivity contribution is -0.115. The van der Waals surface area contributed by atoms with Gasteiger partial charge in [0.1, 0.15) is 17.9 Å². The van der Waals surface area contributed by atoms with E-state index in [1.165, 1.54) is 6.33 Å². The third-order valence-corrected chi connectivity index (χ3v) is 3.85. The number of nitrogens with one attached hydrogen (secondary N) is 2. The molecule has 0 saturated carbocycles. The monoisotopic (exact) mass is 336 g/mol. The lowest BCUT2D eigenvalue weighted by Crippen LogP contribution is -2.11. The van der Waals surface area contributed by atoms with Gasteiger partial charge in [-0.2, -0.15) is 0 Å². The highest BCUT2D eigenvalue weighted by Gasteiger charge is 2.12. The normalized spacial score (nSPS) is 10.5. The van der Waals surface area contributed by atoms with Crippen LogP contribution in [0.1, 0.15) is 18.9 Å². The van der Waals surface area contributed by atoms with Crippen LogP contribution in [0, 0.1) is 0 Å². The molecule has 25 heavy (non-hydrogen) atoms. The van der Waals surface area contributed by atoms with Gasteiger partial charge in [-0.3, -0.25) is 4.79 Å². The molecule has 2 N–H and O–H groups in total. The summed E-state index contributed by atoms with van der Waals surface area (Å²) in [5.41, 5.74) is 2.51. The molecule has 3 aromatic rings. The molecule has 0 aliphatic heterocycles. The number of hydrogen-bond acceptors (Lipinski definition) is 5.